The molecule has 2 aromatic rings. The topological polar surface area (TPSA) is 20.2 Å². The van der Waals surface area contributed by atoms with Crippen LogP contribution in [0.25, 0.3) is 0 Å². The van der Waals surface area contributed by atoms with Gasteiger partial charge in [0.05, 0.1) is 0 Å². The molecule has 28 heavy (non-hydrogen) atoms. The van der Waals surface area contributed by atoms with E-state index in [0.29, 0.717) is 5.75 Å². The van der Waals surface area contributed by atoms with Crippen LogP contribution >= 0.6 is 18.6 Å². The van der Waals surface area contributed by atoms with E-state index in [4.69, 9.17) is 18.6 Å². The van der Waals surface area contributed by atoms with Crippen molar-refractivity contribution in [2.24, 2.45) is 0 Å². The van der Waals surface area contributed by atoms with Crippen molar-refractivity contribution in [3.05, 3.63) is 57.1 Å². The quantitative estimate of drug-likeness (QED) is 0.310. The third-order valence-electron chi connectivity index (χ3n) is 5.46. The second-order valence-corrected chi connectivity index (χ2v) is 12.0. The molecule has 0 saturated heterocycles. The van der Waals surface area contributed by atoms with Crippen molar-refractivity contribution in [2.45, 2.75) is 87.0 Å². The third-order valence-corrected chi connectivity index (χ3v) is 5.46. The Labute approximate surface area is 189 Å². The average Bonchev–Trinajstić information content (AvgIpc) is 2.72. The molecule has 0 heterocycles. The first-order valence-electron chi connectivity index (χ1n) is 9.60. The summed E-state index contributed by atoms with van der Waals surface area (Å²) >= 11 is -0.556. The van der Waals surface area contributed by atoms with Crippen molar-refractivity contribution in [1.29, 1.82) is 0 Å². The van der Waals surface area contributed by atoms with Gasteiger partial charge in [-0.2, -0.15) is 27.8 Å². The predicted molar refractivity (Wildman–Crippen MR) is 123 cm³/mol. The van der Waals surface area contributed by atoms with Crippen LogP contribution in [0, 0.1) is 34.6 Å². The maximum atomic E-state index is 10.3. The number of hydrogen-bond donors (Lipinski definition) is 1. The van der Waals surface area contributed by atoms with Crippen LogP contribution in [0.1, 0.15) is 80.5 Å². The van der Waals surface area contributed by atoms with Crippen molar-refractivity contribution >= 4 is 18.6 Å². The van der Waals surface area contributed by atoms with Gasteiger partial charge in [-0.05, 0) is 22.0 Å². The van der Waals surface area contributed by atoms with E-state index in [2.05, 4.69) is 76.2 Å². The molecule has 0 radical (unpaired) electrons. The molecule has 1 N–H and O–H groups in total. The van der Waals surface area contributed by atoms with E-state index >= 15 is 0 Å². The Kier molecular flexibility index (Phi) is 11.0. The van der Waals surface area contributed by atoms with Gasteiger partial charge in [0.25, 0.3) is 0 Å². The summed E-state index contributed by atoms with van der Waals surface area (Å²) in [5.41, 5.74) is 9.37. The van der Waals surface area contributed by atoms with Crippen LogP contribution < -0.4 is 0 Å². The normalized spacial score (nSPS) is 11.2. The standard InChI is InChI=1S/C14H22O.C10H15.2ClH.Ti/c1-13(2,3)10-8-7-9-11(12(10)15)14(4,5)6;1-6-7(2)9(4)10(5)8(6)3;;;/h7-9,15H,1-6H3;1-5H3;2*1H;/q;-1;;;+2/p-2. The van der Waals surface area contributed by atoms with Gasteiger partial charge in [0.15, 0.2) is 0 Å². The second kappa shape index (κ2) is 11.2. The van der Waals surface area contributed by atoms with Crippen LogP contribution in [0.2, 0.25) is 0 Å². The summed E-state index contributed by atoms with van der Waals surface area (Å²) in [6.45, 7) is 23.7. The monoisotopic (exact) mass is 459 g/mol. The van der Waals surface area contributed by atoms with E-state index in [0.717, 1.165) is 11.1 Å². The molecule has 2 rings (SSSR count). The van der Waals surface area contributed by atoms with Crippen LogP contribution in [0.5, 0.6) is 5.75 Å². The zero-order valence-electron chi connectivity index (χ0n) is 19.4. The summed E-state index contributed by atoms with van der Waals surface area (Å²) in [4.78, 5) is 0. The minimum atomic E-state index is -0.556. The Morgan fingerprint density at radius 2 is 1.07 bits per heavy atom. The molecule has 0 aliphatic heterocycles. The first-order valence-corrected chi connectivity index (χ1v) is 13.9. The number of phenolic OH excluding ortho intramolecular Hbond substituents is 1. The summed E-state index contributed by atoms with van der Waals surface area (Å²) in [6, 6.07) is 6.04. The van der Waals surface area contributed by atoms with Gasteiger partial charge in [-0.3, -0.25) is 0 Å². The fourth-order valence-corrected chi connectivity index (χ4v) is 3.16. The second-order valence-electron chi connectivity index (χ2n) is 9.40. The molecular weight excluding hydrogens is 423 g/mol. The van der Waals surface area contributed by atoms with Gasteiger partial charge in [0.1, 0.15) is 5.75 Å². The number of rotatable bonds is 0. The van der Waals surface area contributed by atoms with E-state index in [1.165, 1.54) is 27.8 Å². The first-order chi connectivity index (χ1) is 12.6. The van der Waals surface area contributed by atoms with Gasteiger partial charge in [-0.15, -0.1) is 0 Å². The van der Waals surface area contributed by atoms with Crippen LogP contribution in [-0.2, 0) is 27.9 Å². The molecule has 0 aromatic heterocycles. The van der Waals surface area contributed by atoms with Crippen molar-refractivity contribution in [1.82, 2.24) is 0 Å². The van der Waals surface area contributed by atoms with Crippen molar-refractivity contribution in [2.75, 3.05) is 0 Å². The SMILES string of the molecule is CC(C)(C)c1cccc(C(C)(C)C)c1O.Cc1c(C)c(C)[c-](C)c1C.[Cl][Ti][Cl]. The van der Waals surface area contributed by atoms with E-state index in [1.54, 1.807) is 0 Å². The fraction of sp³-hybridized carbons (Fsp3) is 0.542. The molecule has 1 nitrogen and oxygen atoms in total. The summed E-state index contributed by atoms with van der Waals surface area (Å²) < 4.78 is 0. The van der Waals surface area contributed by atoms with Gasteiger partial charge >= 0.3 is 35.6 Å². The van der Waals surface area contributed by atoms with Crippen LogP contribution in [0.4, 0.5) is 0 Å². The third kappa shape index (κ3) is 7.49. The summed E-state index contributed by atoms with van der Waals surface area (Å²) in [6.07, 6.45) is 0. The van der Waals surface area contributed by atoms with Gasteiger partial charge in [-0.25, -0.2) is 0 Å². The molecule has 4 heteroatoms. The Balaban J connectivity index is 0.000000483. The van der Waals surface area contributed by atoms with Gasteiger partial charge in [-0.1, -0.05) is 94.4 Å². The van der Waals surface area contributed by atoms with Crippen LogP contribution in [-0.4, -0.2) is 5.11 Å². The van der Waals surface area contributed by atoms with Crippen LogP contribution in [0.15, 0.2) is 18.2 Å². The van der Waals surface area contributed by atoms with Gasteiger partial charge in [0.2, 0.25) is 0 Å². The molecule has 0 bridgehead atoms. The number of benzene rings is 1. The Hall–Kier alpha value is -0.336. The Morgan fingerprint density at radius 3 is 1.25 bits per heavy atom. The van der Waals surface area contributed by atoms with E-state index in [-0.39, 0.29) is 10.8 Å². The summed E-state index contributed by atoms with van der Waals surface area (Å²) in [5.74, 6) is 0.456. The maximum absolute atomic E-state index is 10.3. The summed E-state index contributed by atoms with van der Waals surface area (Å²) in [5, 5.41) is 10.3. The minimum absolute atomic E-state index is 0.00859. The van der Waals surface area contributed by atoms with Gasteiger partial charge < -0.3 is 5.11 Å². The predicted octanol–water partition coefficient (Wildman–Crippen LogP) is 8.31. The zero-order chi connectivity index (χ0) is 22.4. The molecule has 0 saturated carbocycles. The van der Waals surface area contributed by atoms with E-state index in [1.807, 2.05) is 18.2 Å². The number of aromatic hydroxyl groups is 1. The zero-order valence-corrected chi connectivity index (χ0v) is 22.5. The molecule has 0 fully saturated rings. The molecule has 0 unspecified atom stereocenters. The molecule has 0 atom stereocenters. The van der Waals surface area contributed by atoms with Crippen molar-refractivity contribution in [3.63, 3.8) is 0 Å². The van der Waals surface area contributed by atoms with Crippen molar-refractivity contribution < 1.29 is 22.1 Å². The fourth-order valence-electron chi connectivity index (χ4n) is 3.16. The number of para-hydroxylation sites is 1. The molecular formula is C24H37Cl2OTi-. The van der Waals surface area contributed by atoms with E-state index in [9.17, 15) is 5.11 Å². The Morgan fingerprint density at radius 1 is 0.786 bits per heavy atom. The molecule has 2 aromatic carbocycles. The number of phenols is 1. The van der Waals surface area contributed by atoms with Gasteiger partial charge in [0, 0.05) is 0 Å². The number of hydrogen-bond acceptors (Lipinski definition) is 1. The average molecular weight is 460 g/mol. The summed E-state index contributed by atoms with van der Waals surface area (Å²) in [7, 11) is 9.78. The molecule has 0 amide bonds. The number of halogens is 2. The Bertz CT molecular complexity index is 650. The van der Waals surface area contributed by atoms with Crippen molar-refractivity contribution in [3.8, 4) is 5.75 Å². The molecule has 158 valence electrons. The van der Waals surface area contributed by atoms with Crippen LogP contribution in [0.3, 0.4) is 0 Å². The van der Waals surface area contributed by atoms with E-state index < -0.39 is 17.0 Å². The first kappa shape index (κ1) is 27.7. The molecule has 0 spiro atoms. The molecule has 0 aliphatic rings. The molecule has 0 aliphatic carbocycles.